The molecule has 0 bridgehead atoms. The van der Waals surface area contributed by atoms with Crippen LogP contribution < -0.4 is 0 Å². The lowest BCUT2D eigenvalue weighted by Crippen LogP contribution is -2.34. The van der Waals surface area contributed by atoms with E-state index in [-0.39, 0.29) is 18.1 Å². The summed E-state index contributed by atoms with van der Waals surface area (Å²) in [7, 11) is 0. The van der Waals surface area contributed by atoms with E-state index in [9.17, 15) is 9.59 Å². The van der Waals surface area contributed by atoms with Gasteiger partial charge in [-0.2, -0.15) is 0 Å². The second kappa shape index (κ2) is 3.44. The van der Waals surface area contributed by atoms with Gasteiger partial charge >= 0.3 is 0 Å². The molecule has 1 atom stereocenters. The van der Waals surface area contributed by atoms with Gasteiger partial charge in [-0.1, -0.05) is 24.3 Å². The normalized spacial score (nSPS) is 23.2. The molecule has 16 heavy (non-hydrogen) atoms. The SMILES string of the molecule is O=C1CC(=O)N(CC2Cc3ccccc32)C1. The summed E-state index contributed by atoms with van der Waals surface area (Å²) in [6.45, 7) is 1.03. The minimum atomic E-state index is -0.00520. The van der Waals surface area contributed by atoms with Crippen LogP contribution in [0.5, 0.6) is 0 Å². The summed E-state index contributed by atoms with van der Waals surface area (Å²) >= 11 is 0. The van der Waals surface area contributed by atoms with Gasteiger partial charge in [0, 0.05) is 12.5 Å². The first-order valence-electron chi connectivity index (χ1n) is 5.61. The number of fused-ring (bicyclic) bond motifs is 1. The molecular weight excluding hydrogens is 202 g/mol. The number of benzene rings is 1. The third-order valence-electron chi connectivity index (χ3n) is 3.47. The highest BCUT2D eigenvalue weighted by molar-refractivity contribution is 6.05. The molecule has 0 spiro atoms. The highest BCUT2D eigenvalue weighted by Crippen LogP contribution is 2.35. The predicted octanol–water partition coefficient (Wildman–Crippen LogP) is 1.13. The van der Waals surface area contributed by atoms with Gasteiger partial charge in [-0.3, -0.25) is 9.59 Å². The first-order chi connectivity index (χ1) is 7.74. The van der Waals surface area contributed by atoms with E-state index in [4.69, 9.17) is 0 Å². The third-order valence-corrected chi connectivity index (χ3v) is 3.47. The Balaban J connectivity index is 1.70. The summed E-state index contributed by atoms with van der Waals surface area (Å²) in [4.78, 5) is 24.3. The molecule has 2 aliphatic rings. The van der Waals surface area contributed by atoms with Crippen molar-refractivity contribution in [1.82, 2.24) is 4.90 Å². The van der Waals surface area contributed by atoms with Crippen molar-refractivity contribution in [2.24, 2.45) is 0 Å². The summed E-state index contributed by atoms with van der Waals surface area (Å²) in [5, 5.41) is 0. The fourth-order valence-corrected chi connectivity index (χ4v) is 2.60. The summed E-state index contributed by atoms with van der Waals surface area (Å²) in [5.41, 5.74) is 2.72. The number of nitrogens with zero attached hydrogens (tertiary/aromatic N) is 1. The van der Waals surface area contributed by atoms with Crippen molar-refractivity contribution in [1.29, 1.82) is 0 Å². The van der Waals surface area contributed by atoms with Gasteiger partial charge < -0.3 is 4.90 Å². The zero-order chi connectivity index (χ0) is 11.1. The molecule has 1 saturated heterocycles. The second-order valence-corrected chi connectivity index (χ2v) is 4.59. The summed E-state index contributed by atoms with van der Waals surface area (Å²) < 4.78 is 0. The molecule has 0 N–H and O–H groups in total. The van der Waals surface area contributed by atoms with E-state index in [1.165, 1.54) is 11.1 Å². The molecule has 0 aromatic heterocycles. The lowest BCUT2D eigenvalue weighted by Gasteiger charge is -2.33. The topological polar surface area (TPSA) is 37.4 Å². The maximum Gasteiger partial charge on any atom is 0.230 e. The number of amides is 1. The van der Waals surface area contributed by atoms with E-state index in [0.29, 0.717) is 19.0 Å². The standard InChI is InChI=1S/C13H13NO2/c15-11-6-13(16)14(8-11)7-10-5-9-3-1-2-4-12(9)10/h1-4,10H,5-8H2. The third kappa shape index (κ3) is 1.43. The Kier molecular flexibility index (Phi) is 2.06. The van der Waals surface area contributed by atoms with Gasteiger partial charge in [0.15, 0.2) is 5.78 Å². The van der Waals surface area contributed by atoms with Crippen molar-refractivity contribution in [3.8, 4) is 0 Å². The van der Waals surface area contributed by atoms with Crippen molar-refractivity contribution in [2.45, 2.75) is 18.8 Å². The van der Waals surface area contributed by atoms with Crippen LogP contribution in [0.1, 0.15) is 23.5 Å². The van der Waals surface area contributed by atoms with Crippen LogP contribution >= 0.6 is 0 Å². The van der Waals surface area contributed by atoms with Crippen LogP contribution in [0.15, 0.2) is 24.3 Å². The molecule has 1 heterocycles. The molecule has 0 radical (unpaired) electrons. The number of ketones is 1. The molecule has 1 aliphatic heterocycles. The van der Waals surface area contributed by atoms with Gasteiger partial charge in [0.05, 0.1) is 13.0 Å². The van der Waals surface area contributed by atoms with Crippen LogP contribution in [0, 0.1) is 0 Å². The van der Waals surface area contributed by atoms with E-state index >= 15 is 0 Å². The Labute approximate surface area is 94.1 Å². The first kappa shape index (κ1) is 9.58. The number of carbonyl (C=O) groups excluding carboxylic acids is 2. The van der Waals surface area contributed by atoms with Crippen LogP contribution in [0.2, 0.25) is 0 Å². The molecular formula is C13H13NO2. The Morgan fingerprint density at radius 2 is 2.06 bits per heavy atom. The average molecular weight is 215 g/mol. The van der Waals surface area contributed by atoms with E-state index < -0.39 is 0 Å². The van der Waals surface area contributed by atoms with Crippen molar-refractivity contribution in [3.05, 3.63) is 35.4 Å². The number of Topliss-reactive ketones (excluding diaryl/α,β-unsaturated/α-hetero) is 1. The molecule has 1 aliphatic carbocycles. The highest BCUT2D eigenvalue weighted by atomic mass is 16.2. The minimum absolute atomic E-state index is 0.00520. The van der Waals surface area contributed by atoms with Crippen LogP contribution in [0.25, 0.3) is 0 Å². The first-order valence-corrected chi connectivity index (χ1v) is 5.61. The smallest absolute Gasteiger partial charge is 0.230 e. The Morgan fingerprint density at radius 1 is 1.25 bits per heavy atom. The zero-order valence-electron chi connectivity index (χ0n) is 8.98. The molecule has 1 aromatic carbocycles. The number of likely N-dealkylation sites (tertiary alicyclic amines) is 1. The van der Waals surface area contributed by atoms with E-state index in [1.54, 1.807) is 4.90 Å². The van der Waals surface area contributed by atoms with Gasteiger partial charge in [0.25, 0.3) is 0 Å². The van der Waals surface area contributed by atoms with Crippen molar-refractivity contribution >= 4 is 11.7 Å². The monoisotopic (exact) mass is 215 g/mol. The number of hydrogen-bond acceptors (Lipinski definition) is 2. The van der Waals surface area contributed by atoms with Crippen LogP contribution in [-0.2, 0) is 16.0 Å². The van der Waals surface area contributed by atoms with Crippen LogP contribution in [0.3, 0.4) is 0 Å². The molecule has 1 aromatic rings. The summed E-state index contributed by atoms with van der Waals surface area (Å²) in [6.07, 6.45) is 1.14. The molecule has 1 amide bonds. The maximum absolute atomic E-state index is 11.5. The van der Waals surface area contributed by atoms with E-state index in [1.807, 2.05) is 12.1 Å². The van der Waals surface area contributed by atoms with Gasteiger partial charge in [0.2, 0.25) is 5.91 Å². The van der Waals surface area contributed by atoms with Gasteiger partial charge in [-0.15, -0.1) is 0 Å². The molecule has 82 valence electrons. The highest BCUT2D eigenvalue weighted by Gasteiger charge is 2.33. The largest absolute Gasteiger partial charge is 0.334 e. The van der Waals surface area contributed by atoms with Gasteiger partial charge in [0.1, 0.15) is 0 Å². The molecule has 1 fully saturated rings. The maximum atomic E-state index is 11.5. The van der Waals surface area contributed by atoms with E-state index in [2.05, 4.69) is 12.1 Å². The molecule has 0 saturated carbocycles. The zero-order valence-corrected chi connectivity index (χ0v) is 8.98. The van der Waals surface area contributed by atoms with Crippen molar-refractivity contribution in [2.75, 3.05) is 13.1 Å². The Bertz CT molecular complexity index is 467. The predicted molar refractivity (Wildman–Crippen MR) is 59.1 cm³/mol. The van der Waals surface area contributed by atoms with Gasteiger partial charge in [-0.05, 0) is 17.5 Å². The van der Waals surface area contributed by atoms with Gasteiger partial charge in [-0.25, -0.2) is 0 Å². The quantitative estimate of drug-likeness (QED) is 0.693. The average Bonchev–Trinajstić information content (AvgIpc) is 2.54. The summed E-state index contributed by atoms with van der Waals surface area (Å²) in [6, 6.07) is 8.32. The number of hydrogen-bond donors (Lipinski definition) is 0. The fourth-order valence-electron chi connectivity index (χ4n) is 2.60. The molecule has 3 nitrogen and oxygen atoms in total. The molecule has 3 heteroatoms. The Morgan fingerprint density at radius 3 is 2.75 bits per heavy atom. The number of rotatable bonds is 2. The minimum Gasteiger partial charge on any atom is -0.334 e. The molecule has 1 unspecified atom stereocenters. The Hall–Kier alpha value is -1.64. The van der Waals surface area contributed by atoms with Crippen LogP contribution in [-0.4, -0.2) is 29.7 Å². The van der Waals surface area contributed by atoms with Crippen molar-refractivity contribution in [3.63, 3.8) is 0 Å². The fraction of sp³-hybridized carbons (Fsp3) is 0.385. The van der Waals surface area contributed by atoms with Crippen LogP contribution in [0.4, 0.5) is 0 Å². The lowest BCUT2D eigenvalue weighted by atomic mass is 9.77. The second-order valence-electron chi connectivity index (χ2n) is 4.59. The molecule has 3 rings (SSSR count). The summed E-state index contributed by atoms with van der Waals surface area (Å²) in [5.74, 6) is 0.484. The van der Waals surface area contributed by atoms with Crippen molar-refractivity contribution < 1.29 is 9.59 Å². The lowest BCUT2D eigenvalue weighted by molar-refractivity contribution is -0.128. The van der Waals surface area contributed by atoms with E-state index in [0.717, 1.165) is 6.42 Å². The number of carbonyl (C=O) groups is 2.